The molecule has 7 nitrogen and oxygen atoms in total. The predicted octanol–water partition coefficient (Wildman–Crippen LogP) is 6.46. The lowest BCUT2D eigenvalue weighted by Crippen LogP contribution is -2.43. The van der Waals surface area contributed by atoms with Crippen LogP contribution < -0.4 is 9.47 Å². The first-order valence-corrected chi connectivity index (χ1v) is 14.8. The Balaban J connectivity index is 1.42. The minimum absolute atomic E-state index is 0.0204. The molecular formula is C34H42N4O3. The molecule has 0 saturated carbocycles. The molecule has 0 amide bonds. The van der Waals surface area contributed by atoms with Crippen molar-refractivity contribution < 1.29 is 14.6 Å². The fraction of sp³-hybridized carbons (Fsp3) is 0.382. The van der Waals surface area contributed by atoms with Crippen LogP contribution in [0.1, 0.15) is 38.8 Å². The van der Waals surface area contributed by atoms with Gasteiger partial charge in [-0.05, 0) is 67.1 Å². The van der Waals surface area contributed by atoms with Crippen LogP contribution in [0.25, 0.3) is 33.6 Å². The van der Waals surface area contributed by atoms with Gasteiger partial charge in [0.2, 0.25) is 0 Å². The van der Waals surface area contributed by atoms with E-state index in [1.165, 1.54) is 11.1 Å². The molecule has 41 heavy (non-hydrogen) atoms. The first kappa shape index (κ1) is 28.7. The van der Waals surface area contributed by atoms with Gasteiger partial charge in [0, 0.05) is 36.2 Å². The zero-order chi connectivity index (χ0) is 28.9. The number of phenolic OH excluding ortho intramolecular Hbond substituents is 1. The maximum atomic E-state index is 9.61. The fourth-order valence-corrected chi connectivity index (χ4v) is 5.75. The molecule has 0 atom stereocenters. The van der Waals surface area contributed by atoms with Gasteiger partial charge in [-0.3, -0.25) is 5.10 Å². The number of phenols is 1. The molecule has 4 aromatic rings. The van der Waals surface area contributed by atoms with Gasteiger partial charge in [-0.1, -0.05) is 64.1 Å². The quantitative estimate of drug-likeness (QED) is 0.174. The van der Waals surface area contributed by atoms with Crippen LogP contribution in [0.3, 0.4) is 0 Å². The van der Waals surface area contributed by atoms with Gasteiger partial charge in [0.25, 0.3) is 0 Å². The van der Waals surface area contributed by atoms with Crippen molar-refractivity contribution in [1.29, 1.82) is 0 Å². The molecular weight excluding hydrogens is 512 g/mol. The molecule has 0 fully saturated rings. The number of aromatic hydroxyl groups is 1. The minimum atomic E-state index is 0.0204. The van der Waals surface area contributed by atoms with Crippen LogP contribution in [-0.2, 0) is 6.42 Å². The van der Waals surface area contributed by atoms with Crippen LogP contribution in [0.4, 0.5) is 0 Å². The van der Waals surface area contributed by atoms with Crippen molar-refractivity contribution in [3.05, 3.63) is 71.8 Å². The lowest BCUT2D eigenvalue weighted by atomic mass is 10.0. The molecule has 2 N–H and O–H groups in total. The van der Waals surface area contributed by atoms with E-state index in [2.05, 4.69) is 79.0 Å². The van der Waals surface area contributed by atoms with Crippen LogP contribution in [-0.4, -0.2) is 77.6 Å². The van der Waals surface area contributed by atoms with Gasteiger partial charge in [-0.15, -0.1) is 0 Å². The van der Waals surface area contributed by atoms with Gasteiger partial charge in [-0.2, -0.15) is 5.10 Å². The lowest BCUT2D eigenvalue weighted by Gasteiger charge is -2.30. The average Bonchev–Trinajstić information content (AvgIpc) is 3.57. The molecule has 0 unspecified atom stereocenters. The number of H-pyrrole nitrogens is 1. The van der Waals surface area contributed by atoms with E-state index >= 15 is 0 Å². The van der Waals surface area contributed by atoms with Crippen molar-refractivity contribution >= 4 is 0 Å². The van der Waals surface area contributed by atoms with Crippen molar-refractivity contribution in [2.45, 2.75) is 40.2 Å². The van der Waals surface area contributed by atoms with Crippen molar-refractivity contribution in [3.63, 3.8) is 0 Å². The summed E-state index contributed by atoms with van der Waals surface area (Å²) < 4.78 is 12.6. The van der Waals surface area contributed by atoms with Crippen molar-refractivity contribution in [1.82, 2.24) is 20.0 Å². The molecule has 5 rings (SSSR count). The molecule has 3 aromatic carbocycles. The highest BCUT2D eigenvalue weighted by Gasteiger charge is 2.28. The van der Waals surface area contributed by atoms with E-state index in [0.717, 1.165) is 90.8 Å². The second-order valence-corrected chi connectivity index (χ2v) is 10.6. The number of methoxy groups -OCH3 is 1. The second-order valence-electron chi connectivity index (χ2n) is 10.6. The monoisotopic (exact) mass is 554 g/mol. The molecule has 0 saturated heterocycles. The largest absolute Gasteiger partial charge is 0.508 e. The highest BCUT2D eigenvalue weighted by molar-refractivity contribution is 5.83. The summed E-state index contributed by atoms with van der Waals surface area (Å²) in [6, 6.07) is 20.0. The Morgan fingerprint density at radius 2 is 1.37 bits per heavy atom. The van der Waals surface area contributed by atoms with E-state index in [4.69, 9.17) is 14.6 Å². The summed E-state index contributed by atoms with van der Waals surface area (Å²) in [5, 5.41) is 17.7. The van der Waals surface area contributed by atoms with Gasteiger partial charge in [0.05, 0.1) is 18.5 Å². The number of aromatic nitrogens is 2. The summed E-state index contributed by atoms with van der Waals surface area (Å²) in [5.74, 6) is 1.81. The molecule has 0 bridgehead atoms. The maximum Gasteiger partial charge on any atom is 0.162 e. The van der Waals surface area contributed by atoms with Crippen LogP contribution in [0.2, 0.25) is 0 Å². The number of ether oxygens (including phenoxy) is 2. The smallest absolute Gasteiger partial charge is 0.162 e. The molecule has 1 aliphatic rings. The van der Waals surface area contributed by atoms with E-state index < -0.39 is 0 Å². The Kier molecular flexibility index (Phi) is 8.96. The molecule has 1 aromatic heterocycles. The lowest BCUT2D eigenvalue weighted by molar-refractivity contribution is 0.0963. The first-order valence-electron chi connectivity index (χ1n) is 14.8. The summed E-state index contributed by atoms with van der Waals surface area (Å²) in [7, 11) is 1.72. The molecule has 0 spiro atoms. The Hall–Kier alpha value is -3.81. The zero-order valence-electron chi connectivity index (χ0n) is 24.9. The summed E-state index contributed by atoms with van der Waals surface area (Å²) in [6.45, 7) is 14.5. The number of likely N-dealkylation sites (N-methyl/N-ethyl adjacent to an activating group) is 2. The van der Waals surface area contributed by atoms with Crippen LogP contribution in [0, 0.1) is 0 Å². The Morgan fingerprint density at radius 3 is 1.93 bits per heavy atom. The standard InChI is InChI=1S/C34H42N4O3/c1-6-37(7-2)21-28(22-38(8-3)9-4)41-32-20-29-26(19-31(32)40-5)18-30-33(35-36-34(29)30)25-12-10-23(11-13-25)24-14-16-27(39)17-15-24/h10-17,19-20,28,39H,6-9,18,21-22H2,1-5H3,(H,35,36). The van der Waals surface area contributed by atoms with Gasteiger partial charge in [-0.25, -0.2) is 0 Å². The molecule has 7 heteroatoms. The van der Waals surface area contributed by atoms with Crippen molar-refractivity contribution in [2.24, 2.45) is 0 Å². The van der Waals surface area contributed by atoms with Crippen molar-refractivity contribution in [2.75, 3.05) is 46.4 Å². The number of benzene rings is 3. The van der Waals surface area contributed by atoms with Gasteiger partial charge in [0.15, 0.2) is 11.5 Å². The van der Waals surface area contributed by atoms with Crippen LogP contribution in [0.15, 0.2) is 60.7 Å². The third-order valence-electron chi connectivity index (χ3n) is 8.26. The highest BCUT2D eigenvalue weighted by atomic mass is 16.5. The Morgan fingerprint density at radius 1 is 0.805 bits per heavy atom. The van der Waals surface area contributed by atoms with Crippen LogP contribution in [0.5, 0.6) is 17.2 Å². The molecule has 1 heterocycles. The number of aromatic amines is 1. The topological polar surface area (TPSA) is 73.8 Å². The summed E-state index contributed by atoms with van der Waals surface area (Å²) in [5.41, 5.74) is 8.78. The summed E-state index contributed by atoms with van der Waals surface area (Å²) in [6.07, 6.45) is 0.807. The van der Waals surface area contributed by atoms with Gasteiger partial charge < -0.3 is 24.4 Å². The number of fused-ring (bicyclic) bond motifs is 3. The normalized spacial score (nSPS) is 12.3. The van der Waals surface area contributed by atoms with Crippen LogP contribution >= 0.6 is 0 Å². The first-order chi connectivity index (χ1) is 20.0. The molecule has 216 valence electrons. The third-order valence-corrected chi connectivity index (χ3v) is 8.26. The third kappa shape index (κ3) is 6.11. The fourth-order valence-electron chi connectivity index (χ4n) is 5.75. The minimum Gasteiger partial charge on any atom is -0.508 e. The van der Waals surface area contributed by atoms with E-state index in [0.29, 0.717) is 0 Å². The van der Waals surface area contributed by atoms with E-state index in [9.17, 15) is 5.11 Å². The van der Waals surface area contributed by atoms with Gasteiger partial charge in [0.1, 0.15) is 11.9 Å². The molecule has 0 aliphatic heterocycles. The van der Waals surface area contributed by atoms with Crippen molar-refractivity contribution in [3.8, 4) is 50.9 Å². The molecule has 1 aliphatic carbocycles. The van der Waals surface area contributed by atoms with E-state index in [-0.39, 0.29) is 11.9 Å². The van der Waals surface area contributed by atoms with E-state index in [1.54, 1.807) is 19.2 Å². The summed E-state index contributed by atoms with van der Waals surface area (Å²) in [4.78, 5) is 4.83. The highest BCUT2D eigenvalue weighted by Crippen LogP contribution is 2.45. The number of nitrogens with one attached hydrogen (secondary N) is 1. The number of nitrogens with zero attached hydrogens (tertiary/aromatic N) is 3. The zero-order valence-corrected chi connectivity index (χ0v) is 24.9. The maximum absolute atomic E-state index is 9.61. The van der Waals surface area contributed by atoms with E-state index in [1.807, 2.05) is 12.1 Å². The summed E-state index contributed by atoms with van der Waals surface area (Å²) >= 11 is 0. The Bertz CT molecular complexity index is 1420. The number of hydrogen-bond donors (Lipinski definition) is 2. The number of hydrogen-bond acceptors (Lipinski definition) is 6. The Labute approximate surface area is 243 Å². The van der Waals surface area contributed by atoms with Gasteiger partial charge >= 0.3 is 0 Å². The predicted molar refractivity (Wildman–Crippen MR) is 166 cm³/mol. The molecule has 0 radical (unpaired) electrons. The SMILES string of the molecule is CCN(CC)CC(CN(CC)CC)Oc1cc2c(cc1OC)Cc1c(-c3ccc(-c4ccc(O)cc4)cc3)n[nH]c1-2. The average molecular weight is 555 g/mol. The number of rotatable bonds is 13. The second kappa shape index (κ2) is 12.8.